The van der Waals surface area contributed by atoms with Gasteiger partial charge in [0.1, 0.15) is 0 Å². The van der Waals surface area contributed by atoms with Gasteiger partial charge in [-0.15, -0.1) is 0 Å². The van der Waals surface area contributed by atoms with Crippen LogP contribution in [0.15, 0.2) is 30.3 Å². The van der Waals surface area contributed by atoms with Gasteiger partial charge in [0.25, 0.3) is 0 Å². The lowest BCUT2D eigenvalue weighted by Gasteiger charge is -2.03. The number of nitrogens with one attached hydrogen (secondary N) is 1. The van der Waals surface area contributed by atoms with Crippen LogP contribution in [-0.4, -0.2) is 11.2 Å². The molecule has 0 fully saturated rings. The minimum Gasteiger partial charge on any atom is -0.465 e. The van der Waals surface area contributed by atoms with Crippen LogP contribution in [0.25, 0.3) is 5.70 Å². The maximum atomic E-state index is 10.4. The monoisotopic (exact) mass is 175 g/mol. The summed E-state index contributed by atoms with van der Waals surface area (Å²) in [7, 11) is 0. The molecule has 2 N–H and O–H groups in total. The van der Waals surface area contributed by atoms with Gasteiger partial charge in [-0.25, -0.2) is 4.79 Å². The molecular weight excluding hydrogens is 166 g/mol. The van der Waals surface area contributed by atoms with Crippen molar-refractivity contribution in [2.75, 3.05) is 0 Å². The smallest absolute Gasteiger partial charge is 0.409 e. The maximum absolute atomic E-state index is 10.4. The van der Waals surface area contributed by atoms with E-state index in [4.69, 9.17) is 5.11 Å². The number of benzene rings is 1. The molecule has 66 valence electrons. The standard InChI is InChI=1S/C10H9NO2/c12-10(13)11-9-6-5-7-3-1-2-4-8(7)9/h1-4,6,11H,5H2,(H,12,13). The summed E-state index contributed by atoms with van der Waals surface area (Å²) in [5.41, 5.74) is 2.86. The molecule has 0 bridgehead atoms. The third kappa shape index (κ3) is 1.40. The van der Waals surface area contributed by atoms with Gasteiger partial charge < -0.3 is 5.11 Å². The van der Waals surface area contributed by atoms with Crippen molar-refractivity contribution in [1.82, 2.24) is 5.32 Å². The van der Waals surface area contributed by atoms with Crippen molar-refractivity contribution in [3.8, 4) is 0 Å². The zero-order valence-corrected chi connectivity index (χ0v) is 6.95. The molecule has 0 atom stereocenters. The van der Waals surface area contributed by atoms with E-state index in [-0.39, 0.29) is 0 Å². The molecule has 0 aliphatic heterocycles. The highest BCUT2D eigenvalue weighted by atomic mass is 16.4. The fourth-order valence-electron chi connectivity index (χ4n) is 1.52. The predicted octanol–water partition coefficient (Wildman–Crippen LogP) is 1.85. The summed E-state index contributed by atoms with van der Waals surface area (Å²) >= 11 is 0. The van der Waals surface area contributed by atoms with E-state index in [1.54, 1.807) is 0 Å². The minimum absolute atomic E-state index is 0.697. The maximum Gasteiger partial charge on any atom is 0.409 e. The zero-order valence-electron chi connectivity index (χ0n) is 6.95. The zero-order chi connectivity index (χ0) is 9.26. The van der Waals surface area contributed by atoms with Crippen LogP contribution in [0.1, 0.15) is 11.1 Å². The van der Waals surface area contributed by atoms with Crippen LogP contribution in [0.3, 0.4) is 0 Å². The highest BCUT2D eigenvalue weighted by Gasteiger charge is 2.14. The van der Waals surface area contributed by atoms with Crippen LogP contribution in [0.4, 0.5) is 4.79 Å². The number of amides is 1. The predicted molar refractivity (Wildman–Crippen MR) is 49.3 cm³/mol. The molecule has 0 saturated heterocycles. The minimum atomic E-state index is -1.01. The molecule has 1 aliphatic carbocycles. The lowest BCUT2D eigenvalue weighted by atomic mass is 10.1. The first kappa shape index (κ1) is 7.86. The van der Waals surface area contributed by atoms with Gasteiger partial charge in [0.05, 0.1) is 0 Å². The van der Waals surface area contributed by atoms with Gasteiger partial charge in [-0.05, 0) is 12.0 Å². The quantitative estimate of drug-likeness (QED) is 0.684. The molecule has 1 aliphatic rings. The van der Waals surface area contributed by atoms with Gasteiger partial charge in [-0.3, -0.25) is 5.32 Å². The SMILES string of the molecule is O=C(O)NC1=CCc2ccccc21. The lowest BCUT2D eigenvalue weighted by Crippen LogP contribution is -2.18. The number of carbonyl (C=O) groups is 1. The molecule has 0 heterocycles. The summed E-state index contributed by atoms with van der Waals surface area (Å²) in [6.45, 7) is 0. The Kier molecular flexibility index (Phi) is 1.77. The van der Waals surface area contributed by atoms with Gasteiger partial charge >= 0.3 is 6.09 Å². The van der Waals surface area contributed by atoms with Crippen molar-refractivity contribution in [2.45, 2.75) is 6.42 Å². The number of carboxylic acid groups (broad SMARTS) is 1. The van der Waals surface area contributed by atoms with E-state index in [2.05, 4.69) is 5.32 Å². The summed E-state index contributed by atoms with van der Waals surface area (Å²) in [5.74, 6) is 0. The lowest BCUT2D eigenvalue weighted by molar-refractivity contribution is 0.199. The highest BCUT2D eigenvalue weighted by Crippen LogP contribution is 2.24. The molecule has 1 aromatic rings. The van der Waals surface area contributed by atoms with Crippen LogP contribution in [0.5, 0.6) is 0 Å². The first-order valence-electron chi connectivity index (χ1n) is 4.06. The summed E-state index contributed by atoms with van der Waals surface area (Å²) in [5, 5.41) is 10.9. The van der Waals surface area contributed by atoms with Gasteiger partial charge in [0, 0.05) is 11.3 Å². The van der Waals surface area contributed by atoms with Crippen molar-refractivity contribution in [2.24, 2.45) is 0 Å². The number of hydrogen-bond donors (Lipinski definition) is 2. The van der Waals surface area contributed by atoms with Gasteiger partial charge in [-0.2, -0.15) is 0 Å². The van der Waals surface area contributed by atoms with Crippen molar-refractivity contribution in [1.29, 1.82) is 0 Å². The Labute approximate surface area is 75.7 Å². The topological polar surface area (TPSA) is 49.3 Å². The Hall–Kier alpha value is -1.77. The third-order valence-corrected chi connectivity index (χ3v) is 2.08. The molecule has 0 spiro atoms. The number of rotatable bonds is 1. The molecular formula is C10H9NO2. The van der Waals surface area contributed by atoms with E-state index in [1.807, 2.05) is 30.3 Å². The normalized spacial score (nSPS) is 13.4. The van der Waals surface area contributed by atoms with Gasteiger partial charge in [0.2, 0.25) is 0 Å². The van der Waals surface area contributed by atoms with Crippen LogP contribution in [-0.2, 0) is 6.42 Å². The van der Waals surface area contributed by atoms with E-state index in [0.717, 1.165) is 12.0 Å². The van der Waals surface area contributed by atoms with Crippen LogP contribution >= 0.6 is 0 Å². The van der Waals surface area contributed by atoms with Crippen LogP contribution in [0, 0.1) is 0 Å². The second-order valence-corrected chi connectivity index (χ2v) is 2.91. The van der Waals surface area contributed by atoms with Crippen molar-refractivity contribution in [3.63, 3.8) is 0 Å². The van der Waals surface area contributed by atoms with Crippen molar-refractivity contribution in [3.05, 3.63) is 41.5 Å². The Balaban J connectivity index is 2.31. The van der Waals surface area contributed by atoms with E-state index in [0.29, 0.717) is 5.70 Å². The molecule has 0 saturated carbocycles. The number of allylic oxidation sites excluding steroid dienone is 1. The van der Waals surface area contributed by atoms with E-state index in [1.165, 1.54) is 5.56 Å². The van der Waals surface area contributed by atoms with E-state index < -0.39 is 6.09 Å². The van der Waals surface area contributed by atoms with E-state index >= 15 is 0 Å². The Morgan fingerprint density at radius 1 is 1.38 bits per heavy atom. The van der Waals surface area contributed by atoms with E-state index in [9.17, 15) is 4.79 Å². The first-order valence-corrected chi connectivity index (χ1v) is 4.06. The summed E-state index contributed by atoms with van der Waals surface area (Å²) in [6.07, 6.45) is 1.69. The molecule has 13 heavy (non-hydrogen) atoms. The highest BCUT2D eigenvalue weighted by molar-refractivity contribution is 5.83. The average Bonchev–Trinajstić information content (AvgIpc) is 2.48. The van der Waals surface area contributed by atoms with Gasteiger partial charge in [0.15, 0.2) is 0 Å². The largest absolute Gasteiger partial charge is 0.465 e. The van der Waals surface area contributed by atoms with Crippen LogP contribution < -0.4 is 5.32 Å². The molecule has 1 amide bonds. The van der Waals surface area contributed by atoms with Crippen molar-refractivity contribution < 1.29 is 9.90 Å². The Bertz CT molecular complexity index is 382. The summed E-state index contributed by atoms with van der Waals surface area (Å²) < 4.78 is 0. The average molecular weight is 175 g/mol. The van der Waals surface area contributed by atoms with Crippen molar-refractivity contribution >= 4 is 11.8 Å². The molecule has 1 aromatic carbocycles. The molecule has 0 radical (unpaired) electrons. The number of fused-ring (bicyclic) bond motifs is 1. The molecule has 0 unspecified atom stereocenters. The molecule has 0 aromatic heterocycles. The second kappa shape index (κ2) is 2.94. The van der Waals surface area contributed by atoms with Crippen LogP contribution in [0.2, 0.25) is 0 Å². The third-order valence-electron chi connectivity index (χ3n) is 2.08. The first-order chi connectivity index (χ1) is 6.27. The fraction of sp³-hybridized carbons (Fsp3) is 0.100. The fourth-order valence-corrected chi connectivity index (χ4v) is 1.52. The van der Waals surface area contributed by atoms with Gasteiger partial charge in [-0.1, -0.05) is 30.3 Å². The molecule has 2 rings (SSSR count). The number of hydrogen-bond acceptors (Lipinski definition) is 1. The Morgan fingerprint density at radius 3 is 2.92 bits per heavy atom. The molecule has 3 nitrogen and oxygen atoms in total. The Morgan fingerprint density at radius 2 is 2.15 bits per heavy atom. The molecule has 3 heteroatoms. The summed E-state index contributed by atoms with van der Waals surface area (Å²) in [6, 6.07) is 7.78. The second-order valence-electron chi connectivity index (χ2n) is 2.91. The summed E-state index contributed by atoms with van der Waals surface area (Å²) in [4.78, 5) is 10.4.